The summed E-state index contributed by atoms with van der Waals surface area (Å²) in [6, 6.07) is 5.28. The predicted molar refractivity (Wildman–Crippen MR) is 86.6 cm³/mol. The van der Waals surface area contributed by atoms with E-state index in [1.165, 1.54) is 22.7 Å². The number of halogens is 1. The van der Waals surface area contributed by atoms with E-state index in [1.54, 1.807) is 12.1 Å². The van der Waals surface area contributed by atoms with Crippen LogP contribution in [0.1, 0.15) is 0 Å². The number of aromatic nitrogens is 2. The second kappa shape index (κ2) is 5.98. The number of thioether (sulfide) groups is 1. The normalized spacial score (nSPS) is 14.2. The average molecular weight is 367 g/mol. The summed E-state index contributed by atoms with van der Waals surface area (Å²) in [4.78, 5) is 32.6. The summed E-state index contributed by atoms with van der Waals surface area (Å²) in [7, 11) is 0. The van der Waals surface area contributed by atoms with Crippen LogP contribution in [-0.4, -0.2) is 32.9 Å². The number of nitrogens with one attached hydrogen (secondary N) is 1. The van der Waals surface area contributed by atoms with Crippen molar-refractivity contribution in [2.75, 3.05) is 12.3 Å². The monoisotopic (exact) mass is 366 g/mol. The van der Waals surface area contributed by atoms with Crippen molar-refractivity contribution in [3.8, 4) is 0 Å². The van der Waals surface area contributed by atoms with Gasteiger partial charge >= 0.3 is 0 Å². The first-order valence-corrected chi connectivity index (χ1v) is 8.03. The second-order valence-corrected chi connectivity index (χ2v) is 6.42. The highest BCUT2D eigenvalue weighted by molar-refractivity contribution is 9.10. The number of fused-ring (bicyclic) bond motifs is 1. The molecular formula is C13H11BrN4O2S. The van der Waals surface area contributed by atoms with Crippen molar-refractivity contribution < 1.29 is 4.79 Å². The van der Waals surface area contributed by atoms with Crippen molar-refractivity contribution in [1.82, 2.24) is 14.9 Å². The lowest BCUT2D eigenvalue weighted by atomic mass is 10.2. The zero-order chi connectivity index (χ0) is 14.8. The molecule has 1 aliphatic rings. The summed E-state index contributed by atoms with van der Waals surface area (Å²) < 4.78 is 2.09. The van der Waals surface area contributed by atoms with Crippen LogP contribution < -0.4 is 10.9 Å². The molecule has 0 atom stereocenters. The van der Waals surface area contributed by atoms with Gasteiger partial charge in [0, 0.05) is 10.2 Å². The molecule has 6 nitrogen and oxygen atoms in total. The topological polar surface area (TPSA) is 76.3 Å². The lowest BCUT2D eigenvalue weighted by Gasteiger charge is -2.07. The fourth-order valence-electron chi connectivity index (χ4n) is 1.97. The van der Waals surface area contributed by atoms with Crippen LogP contribution in [0.5, 0.6) is 0 Å². The number of benzene rings is 1. The van der Waals surface area contributed by atoms with Crippen LogP contribution in [-0.2, 0) is 11.3 Å². The van der Waals surface area contributed by atoms with Gasteiger partial charge in [-0.25, -0.2) is 4.98 Å². The van der Waals surface area contributed by atoms with E-state index >= 15 is 0 Å². The molecule has 0 bridgehead atoms. The Morgan fingerprint density at radius 1 is 1.48 bits per heavy atom. The van der Waals surface area contributed by atoms with Crippen molar-refractivity contribution in [3.05, 3.63) is 39.4 Å². The van der Waals surface area contributed by atoms with E-state index in [-0.39, 0.29) is 18.0 Å². The van der Waals surface area contributed by atoms with Gasteiger partial charge in [-0.1, -0.05) is 27.7 Å². The van der Waals surface area contributed by atoms with Gasteiger partial charge < -0.3 is 5.32 Å². The van der Waals surface area contributed by atoms with Crippen LogP contribution in [0.25, 0.3) is 10.9 Å². The molecule has 0 fully saturated rings. The summed E-state index contributed by atoms with van der Waals surface area (Å²) >= 11 is 4.83. The maximum absolute atomic E-state index is 12.3. The van der Waals surface area contributed by atoms with Crippen LogP contribution >= 0.6 is 27.7 Å². The Kier molecular flexibility index (Phi) is 4.07. The van der Waals surface area contributed by atoms with Crippen molar-refractivity contribution in [3.63, 3.8) is 0 Å². The van der Waals surface area contributed by atoms with Crippen molar-refractivity contribution in [2.24, 2.45) is 4.99 Å². The van der Waals surface area contributed by atoms with E-state index in [9.17, 15) is 9.59 Å². The molecule has 1 aliphatic heterocycles. The largest absolute Gasteiger partial charge is 0.304 e. The fraction of sp³-hybridized carbons (Fsp3) is 0.231. The number of carbonyl (C=O) groups is 1. The first-order chi connectivity index (χ1) is 10.1. The van der Waals surface area contributed by atoms with Crippen LogP contribution in [0.2, 0.25) is 0 Å². The molecule has 21 heavy (non-hydrogen) atoms. The predicted octanol–water partition coefficient (Wildman–Crippen LogP) is 1.38. The molecule has 1 aromatic carbocycles. The van der Waals surface area contributed by atoms with E-state index in [2.05, 4.69) is 31.2 Å². The van der Waals surface area contributed by atoms with Gasteiger partial charge in [-0.3, -0.25) is 19.1 Å². The van der Waals surface area contributed by atoms with Gasteiger partial charge in [-0.2, -0.15) is 0 Å². The fourth-order valence-corrected chi connectivity index (χ4v) is 3.07. The number of amidine groups is 1. The molecule has 0 aliphatic carbocycles. The first kappa shape index (κ1) is 14.3. The van der Waals surface area contributed by atoms with E-state index in [0.717, 1.165) is 10.2 Å². The second-order valence-electron chi connectivity index (χ2n) is 4.42. The van der Waals surface area contributed by atoms with Crippen molar-refractivity contribution in [2.45, 2.75) is 6.54 Å². The Morgan fingerprint density at radius 2 is 2.33 bits per heavy atom. The maximum atomic E-state index is 12.3. The molecule has 2 aromatic rings. The first-order valence-electron chi connectivity index (χ1n) is 6.25. The molecule has 1 amide bonds. The molecule has 8 heteroatoms. The van der Waals surface area contributed by atoms with Gasteiger partial charge in [0.05, 0.1) is 23.8 Å². The Balaban J connectivity index is 1.85. The van der Waals surface area contributed by atoms with Crippen LogP contribution in [0.3, 0.4) is 0 Å². The van der Waals surface area contributed by atoms with Gasteiger partial charge in [0.15, 0.2) is 5.17 Å². The van der Waals surface area contributed by atoms with E-state index in [4.69, 9.17) is 0 Å². The van der Waals surface area contributed by atoms with Crippen molar-refractivity contribution >= 4 is 49.7 Å². The minimum atomic E-state index is -0.276. The number of carbonyl (C=O) groups excluding carboxylic acids is 1. The minimum absolute atomic E-state index is 0.0755. The number of hydrogen-bond acceptors (Lipinski definition) is 5. The van der Waals surface area contributed by atoms with Crippen LogP contribution in [0.4, 0.5) is 0 Å². The molecule has 0 saturated heterocycles. The molecule has 0 radical (unpaired) electrons. The summed E-state index contributed by atoms with van der Waals surface area (Å²) in [5.74, 6) is 0.600. The summed E-state index contributed by atoms with van der Waals surface area (Å²) in [5.41, 5.74) is 0.369. The summed E-state index contributed by atoms with van der Waals surface area (Å²) in [6.45, 7) is 0.639. The number of rotatable bonds is 2. The van der Waals surface area contributed by atoms with Gasteiger partial charge in [0.2, 0.25) is 5.91 Å². The third-order valence-electron chi connectivity index (χ3n) is 2.93. The van der Waals surface area contributed by atoms with Gasteiger partial charge in [-0.05, 0) is 18.2 Å². The van der Waals surface area contributed by atoms with Gasteiger partial charge in [-0.15, -0.1) is 0 Å². The lowest BCUT2D eigenvalue weighted by Crippen LogP contribution is -2.34. The number of amides is 1. The smallest absolute Gasteiger partial charge is 0.261 e. The Labute approximate surface area is 132 Å². The lowest BCUT2D eigenvalue weighted by molar-refractivity contribution is -0.120. The Bertz CT molecular complexity index is 802. The van der Waals surface area contributed by atoms with Gasteiger partial charge in [0.1, 0.15) is 6.54 Å². The Morgan fingerprint density at radius 3 is 3.10 bits per heavy atom. The molecule has 0 saturated carbocycles. The van der Waals surface area contributed by atoms with Crippen LogP contribution in [0, 0.1) is 0 Å². The third-order valence-corrected chi connectivity index (χ3v) is 4.32. The molecule has 1 aromatic heterocycles. The molecule has 1 N–H and O–H groups in total. The number of hydrogen-bond donors (Lipinski definition) is 1. The molecule has 3 rings (SSSR count). The minimum Gasteiger partial charge on any atom is -0.304 e. The third kappa shape index (κ3) is 3.16. The highest BCUT2D eigenvalue weighted by atomic mass is 79.9. The maximum Gasteiger partial charge on any atom is 0.261 e. The molecule has 0 unspecified atom stereocenters. The zero-order valence-electron chi connectivity index (χ0n) is 10.9. The Hall–Kier alpha value is -1.67. The molecule has 0 spiro atoms. The molecule has 108 valence electrons. The van der Waals surface area contributed by atoms with Crippen molar-refractivity contribution in [1.29, 1.82) is 0 Å². The number of nitrogens with zero attached hydrogens (tertiary/aromatic N) is 3. The molecule has 2 heterocycles. The highest BCUT2D eigenvalue weighted by Gasteiger charge is 2.13. The average Bonchev–Trinajstić information content (AvgIpc) is 2.95. The SMILES string of the molecule is O=C(Cn1cnc2ccc(Br)cc2c1=O)NC1=NCCS1. The van der Waals surface area contributed by atoms with E-state index < -0.39 is 0 Å². The van der Waals surface area contributed by atoms with Gasteiger partial charge in [0.25, 0.3) is 5.56 Å². The van der Waals surface area contributed by atoms with E-state index in [0.29, 0.717) is 22.6 Å². The highest BCUT2D eigenvalue weighted by Crippen LogP contribution is 2.14. The molecular weight excluding hydrogens is 356 g/mol. The number of aliphatic imine (C=N–C) groups is 1. The summed E-state index contributed by atoms with van der Waals surface area (Å²) in [6.07, 6.45) is 1.39. The summed E-state index contributed by atoms with van der Waals surface area (Å²) in [5, 5.41) is 3.79. The van der Waals surface area contributed by atoms with Crippen LogP contribution in [0.15, 0.2) is 38.8 Å². The quantitative estimate of drug-likeness (QED) is 0.870. The standard InChI is InChI=1S/C13H11BrN4O2S/c14-8-1-2-10-9(5-8)12(20)18(7-16-10)6-11(19)17-13-15-3-4-21-13/h1-2,5,7H,3-4,6H2,(H,15,17,19). The zero-order valence-corrected chi connectivity index (χ0v) is 13.3. The van der Waals surface area contributed by atoms with E-state index in [1.807, 2.05) is 6.07 Å².